The van der Waals surface area contributed by atoms with Crippen LogP contribution in [0.2, 0.25) is 0 Å². The Hall–Kier alpha value is -2.26. The third kappa shape index (κ3) is 2.85. The third-order valence-electron chi connectivity index (χ3n) is 4.74. The number of ether oxygens (including phenoxy) is 1. The number of morpholine rings is 1. The Labute approximate surface area is 160 Å². The molecule has 0 unspecified atom stereocenters. The molecule has 1 aliphatic heterocycles. The first kappa shape index (κ1) is 16.9. The molecule has 1 fully saturated rings. The summed E-state index contributed by atoms with van der Waals surface area (Å²) in [6.07, 6.45) is 1.97. The van der Waals surface area contributed by atoms with Gasteiger partial charge < -0.3 is 4.74 Å². The molecule has 0 aliphatic carbocycles. The van der Waals surface area contributed by atoms with Gasteiger partial charge in [-0.25, -0.2) is 13.4 Å². The highest BCUT2D eigenvalue weighted by Crippen LogP contribution is 2.30. The van der Waals surface area contributed by atoms with Crippen molar-refractivity contribution in [2.45, 2.75) is 4.90 Å². The van der Waals surface area contributed by atoms with Gasteiger partial charge in [-0.15, -0.1) is 0 Å². The summed E-state index contributed by atoms with van der Waals surface area (Å²) in [5.41, 5.74) is 2.67. The third-order valence-corrected chi connectivity index (χ3v) is 7.67. The summed E-state index contributed by atoms with van der Waals surface area (Å²) < 4.78 is 35.8. The Kier molecular flexibility index (Phi) is 4.01. The van der Waals surface area contributed by atoms with Gasteiger partial charge >= 0.3 is 0 Å². The lowest BCUT2D eigenvalue weighted by Crippen LogP contribution is -2.40. The van der Waals surface area contributed by atoms with Crippen molar-refractivity contribution in [1.82, 2.24) is 13.7 Å². The van der Waals surface area contributed by atoms with Gasteiger partial charge in [-0.3, -0.25) is 4.40 Å². The molecule has 0 bridgehead atoms. The standard InChI is InChI=1S/C19H17N3O3S2/c23-27(24,21-8-10-25-11-9-21)15-5-3-4-14(12-15)16-13-22-17-6-1-2-7-18(17)26-19(22)20-16/h1-7,12-13H,8-11H2. The fraction of sp³-hybridized carbons (Fsp3) is 0.211. The van der Waals surface area contributed by atoms with E-state index < -0.39 is 10.0 Å². The second-order valence-corrected chi connectivity index (χ2v) is 9.34. The van der Waals surface area contributed by atoms with Crippen LogP contribution >= 0.6 is 11.3 Å². The van der Waals surface area contributed by atoms with E-state index in [1.807, 2.05) is 24.4 Å². The molecule has 0 atom stereocenters. The van der Waals surface area contributed by atoms with E-state index in [1.165, 1.54) is 9.01 Å². The van der Waals surface area contributed by atoms with Gasteiger partial charge in [-0.2, -0.15) is 4.31 Å². The Balaban J connectivity index is 1.56. The molecule has 8 heteroatoms. The minimum Gasteiger partial charge on any atom is -0.379 e. The van der Waals surface area contributed by atoms with Crippen LogP contribution in [0.15, 0.2) is 59.6 Å². The van der Waals surface area contributed by atoms with E-state index in [-0.39, 0.29) is 0 Å². The zero-order chi connectivity index (χ0) is 18.4. The Morgan fingerprint density at radius 3 is 2.70 bits per heavy atom. The first-order chi connectivity index (χ1) is 13.1. The van der Waals surface area contributed by atoms with Crippen molar-refractivity contribution in [2.24, 2.45) is 0 Å². The molecule has 3 heterocycles. The number of hydrogen-bond donors (Lipinski definition) is 0. The Morgan fingerprint density at radius 2 is 1.85 bits per heavy atom. The molecule has 2 aromatic heterocycles. The van der Waals surface area contributed by atoms with Crippen LogP contribution in [0.25, 0.3) is 26.4 Å². The first-order valence-corrected chi connectivity index (χ1v) is 10.9. The lowest BCUT2D eigenvalue weighted by molar-refractivity contribution is 0.0730. The fourth-order valence-electron chi connectivity index (χ4n) is 3.34. The summed E-state index contributed by atoms with van der Waals surface area (Å²) in [7, 11) is -3.52. The normalized spacial score (nSPS) is 16.3. The summed E-state index contributed by atoms with van der Waals surface area (Å²) in [5, 5.41) is 0. The van der Waals surface area contributed by atoms with Gasteiger partial charge in [-0.1, -0.05) is 35.6 Å². The van der Waals surface area contributed by atoms with Crippen molar-refractivity contribution in [3.63, 3.8) is 0 Å². The van der Waals surface area contributed by atoms with Crippen LogP contribution in [0.4, 0.5) is 0 Å². The van der Waals surface area contributed by atoms with E-state index in [1.54, 1.807) is 29.5 Å². The molecule has 4 aromatic rings. The van der Waals surface area contributed by atoms with E-state index >= 15 is 0 Å². The Bertz CT molecular complexity index is 1240. The van der Waals surface area contributed by atoms with Crippen LogP contribution in [-0.2, 0) is 14.8 Å². The summed E-state index contributed by atoms with van der Waals surface area (Å²) in [6.45, 7) is 1.64. The van der Waals surface area contributed by atoms with Gasteiger partial charge in [0.2, 0.25) is 10.0 Å². The second-order valence-electron chi connectivity index (χ2n) is 6.39. The number of rotatable bonds is 3. The molecular formula is C19H17N3O3S2. The van der Waals surface area contributed by atoms with Gasteiger partial charge in [0.15, 0.2) is 4.96 Å². The topological polar surface area (TPSA) is 63.9 Å². The second kappa shape index (κ2) is 6.42. The van der Waals surface area contributed by atoms with Crippen molar-refractivity contribution < 1.29 is 13.2 Å². The zero-order valence-corrected chi connectivity index (χ0v) is 16.0. The van der Waals surface area contributed by atoms with E-state index in [0.717, 1.165) is 21.7 Å². The maximum absolute atomic E-state index is 12.9. The number of benzene rings is 2. The van der Waals surface area contributed by atoms with Gasteiger partial charge in [0, 0.05) is 24.8 Å². The van der Waals surface area contributed by atoms with Crippen LogP contribution in [-0.4, -0.2) is 48.4 Å². The number of nitrogens with zero attached hydrogens (tertiary/aromatic N) is 3. The number of para-hydroxylation sites is 1. The minimum atomic E-state index is -3.52. The van der Waals surface area contributed by atoms with Gasteiger partial charge in [0.05, 0.1) is 34.0 Å². The highest BCUT2D eigenvalue weighted by Gasteiger charge is 2.26. The quantitative estimate of drug-likeness (QED) is 0.531. The predicted octanol–water partition coefficient (Wildman–Crippen LogP) is 3.24. The molecule has 138 valence electrons. The summed E-state index contributed by atoms with van der Waals surface area (Å²) in [6, 6.07) is 15.2. The summed E-state index contributed by atoms with van der Waals surface area (Å²) >= 11 is 1.62. The van der Waals surface area contributed by atoms with Crippen LogP contribution in [0.1, 0.15) is 0 Å². The zero-order valence-electron chi connectivity index (χ0n) is 14.4. The molecule has 0 radical (unpaired) electrons. The van der Waals surface area contributed by atoms with Crippen molar-refractivity contribution in [1.29, 1.82) is 0 Å². The molecule has 1 aliphatic rings. The van der Waals surface area contributed by atoms with Crippen molar-refractivity contribution in [2.75, 3.05) is 26.3 Å². The largest absolute Gasteiger partial charge is 0.379 e. The van der Waals surface area contributed by atoms with Crippen LogP contribution in [0.3, 0.4) is 0 Å². The number of aromatic nitrogens is 2. The highest BCUT2D eigenvalue weighted by molar-refractivity contribution is 7.89. The minimum absolute atomic E-state index is 0.295. The molecule has 0 saturated carbocycles. The van der Waals surface area contributed by atoms with Gasteiger partial charge in [-0.05, 0) is 24.3 Å². The first-order valence-electron chi connectivity index (χ1n) is 8.68. The molecular weight excluding hydrogens is 382 g/mol. The van der Waals surface area contributed by atoms with Gasteiger partial charge in [0.1, 0.15) is 0 Å². The number of imidazole rings is 1. The number of hydrogen-bond acceptors (Lipinski definition) is 5. The fourth-order valence-corrected chi connectivity index (χ4v) is 5.80. The Morgan fingerprint density at radius 1 is 1.04 bits per heavy atom. The molecule has 2 aromatic carbocycles. The number of thiazole rings is 1. The highest BCUT2D eigenvalue weighted by atomic mass is 32.2. The van der Waals surface area contributed by atoms with E-state index in [0.29, 0.717) is 31.2 Å². The van der Waals surface area contributed by atoms with Crippen molar-refractivity contribution >= 4 is 36.5 Å². The van der Waals surface area contributed by atoms with Gasteiger partial charge in [0.25, 0.3) is 0 Å². The molecule has 1 saturated heterocycles. The smallest absolute Gasteiger partial charge is 0.243 e. The maximum Gasteiger partial charge on any atom is 0.243 e. The molecule has 6 nitrogen and oxygen atoms in total. The average Bonchev–Trinajstić information content (AvgIpc) is 3.27. The lowest BCUT2D eigenvalue weighted by atomic mass is 10.2. The molecule has 0 N–H and O–H groups in total. The summed E-state index contributed by atoms with van der Waals surface area (Å²) in [4.78, 5) is 5.90. The van der Waals surface area contributed by atoms with Crippen LogP contribution in [0.5, 0.6) is 0 Å². The lowest BCUT2D eigenvalue weighted by Gasteiger charge is -2.26. The van der Waals surface area contributed by atoms with E-state index in [4.69, 9.17) is 9.72 Å². The number of sulfonamides is 1. The number of fused-ring (bicyclic) bond motifs is 3. The SMILES string of the molecule is O=S(=O)(c1cccc(-c2cn3c(n2)sc2ccccc23)c1)N1CCOCC1. The van der Waals surface area contributed by atoms with Crippen molar-refractivity contribution in [3.8, 4) is 11.3 Å². The molecule has 0 spiro atoms. The molecule has 5 rings (SSSR count). The van der Waals surface area contributed by atoms with Crippen molar-refractivity contribution in [3.05, 3.63) is 54.7 Å². The van der Waals surface area contributed by atoms with Crippen LogP contribution < -0.4 is 0 Å². The maximum atomic E-state index is 12.9. The monoisotopic (exact) mass is 399 g/mol. The van der Waals surface area contributed by atoms with Crippen LogP contribution in [0, 0.1) is 0 Å². The van der Waals surface area contributed by atoms with E-state index in [9.17, 15) is 8.42 Å². The predicted molar refractivity (Wildman–Crippen MR) is 106 cm³/mol. The molecule has 0 amide bonds. The van der Waals surface area contributed by atoms with E-state index in [2.05, 4.69) is 16.5 Å². The summed E-state index contributed by atoms with van der Waals surface area (Å²) in [5.74, 6) is 0. The average molecular weight is 399 g/mol. The molecule has 27 heavy (non-hydrogen) atoms.